The quantitative estimate of drug-likeness (QED) is 0.792. The van der Waals surface area contributed by atoms with Gasteiger partial charge < -0.3 is 14.8 Å². The summed E-state index contributed by atoms with van der Waals surface area (Å²) in [5.74, 6) is 1.45. The molecule has 4 nitrogen and oxygen atoms in total. The SMILES string of the molecule is CCc1ccccc1O[C@H](C)C(=O)N[C@@H](C)COc1ccccc1C. The van der Waals surface area contributed by atoms with Crippen LogP contribution in [0.5, 0.6) is 11.5 Å². The Morgan fingerprint density at radius 2 is 1.68 bits per heavy atom. The van der Waals surface area contributed by atoms with Crippen molar-refractivity contribution in [1.29, 1.82) is 0 Å². The molecular weight excluding hydrogens is 314 g/mol. The van der Waals surface area contributed by atoms with Gasteiger partial charge in [0.1, 0.15) is 18.1 Å². The van der Waals surface area contributed by atoms with Gasteiger partial charge in [0.2, 0.25) is 0 Å². The molecule has 0 aliphatic carbocycles. The van der Waals surface area contributed by atoms with E-state index in [0.717, 1.165) is 29.0 Å². The van der Waals surface area contributed by atoms with Gasteiger partial charge in [-0.2, -0.15) is 0 Å². The Morgan fingerprint density at radius 1 is 1.04 bits per heavy atom. The molecule has 0 aromatic heterocycles. The van der Waals surface area contributed by atoms with E-state index in [9.17, 15) is 4.79 Å². The molecule has 2 atom stereocenters. The van der Waals surface area contributed by atoms with Crippen molar-refractivity contribution in [3.8, 4) is 11.5 Å². The van der Waals surface area contributed by atoms with Crippen LogP contribution in [0.25, 0.3) is 0 Å². The summed E-state index contributed by atoms with van der Waals surface area (Å²) in [6.07, 6.45) is 0.305. The Balaban J connectivity index is 1.84. The van der Waals surface area contributed by atoms with Gasteiger partial charge in [-0.3, -0.25) is 4.79 Å². The molecule has 0 heterocycles. The monoisotopic (exact) mass is 341 g/mol. The minimum atomic E-state index is -0.561. The van der Waals surface area contributed by atoms with Gasteiger partial charge in [-0.05, 0) is 50.5 Å². The highest BCUT2D eigenvalue weighted by Gasteiger charge is 2.18. The van der Waals surface area contributed by atoms with Crippen LogP contribution in [0.3, 0.4) is 0 Å². The molecule has 134 valence electrons. The lowest BCUT2D eigenvalue weighted by atomic mass is 10.1. The number of hydrogen-bond donors (Lipinski definition) is 1. The largest absolute Gasteiger partial charge is 0.491 e. The molecule has 1 amide bonds. The Hall–Kier alpha value is -2.49. The molecule has 4 heteroatoms. The zero-order valence-corrected chi connectivity index (χ0v) is 15.4. The maximum Gasteiger partial charge on any atom is 0.261 e. The third kappa shape index (κ3) is 5.52. The molecule has 0 aliphatic heterocycles. The van der Waals surface area contributed by atoms with Crippen LogP contribution >= 0.6 is 0 Å². The standard InChI is InChI=1S/C21H27NO3/c1-5-18-11-7-9-13-20(18)25-17(4)21(23)22-16(3)14-24-19-12-8-6-10-15(19)2/h6-13,16-17H,5,14H2,1-4H3,(H,22,23)/t16-,17+/m0/s1. The average molecular weight is 341 g/mol. The maximum absolute atomic E-state index is 12.3. The normalized spacial score (nSPS) is 13.0. The first kappa shape index (κ1) is 18.8. The van der Waals surface area contributed by atoms with E-state index in [0.29, 0.717) is 6.61 Å². The Bertz CT molecular complexity index is 699. The van der Waals surface area contributed by atoms with E-state index >= 15 is 0 Å². The van der Waals surface area contributed by atoms with Gasteiger partial charge in [0.05, 0.1) is 6.04 Å². The number of para-hydroxylation sites is 2. The fourth-order valence-electron chi connectivity index (χ4n) is 2.49. The second-order valence-corrected chi connectivity index (χ2v) is 6.21. The molecule has 0 saturated heterocycles. The minimum absolute atomic E-state index is 0.112. The third-order valence-corrected chi connectivity index (χ3v) is 4.00. The van der Waals surface area contributed by atoms with E-state index in [1.165, 1.54) is 0 Å². The first-order valence-electron chi connectivity index (χ1n) is 8.74. The average Bonchev–Trinajstić information content (AvgIpc) is 2.61. The van der Waals surface area contributed by atoms with Gasteiger partial charge >= 0.3 is 0 Å². The van der Waals surface area contributed by atoms with E-state index in [1.54, 1.807) is 6.92 Å². The number of amides is 1. The molecule has 0 bridgehead atoms. The molecule has 1 N–H and O–H groups in total. The molecule has 0 radical (unpaired) electrons. The van der Waals surface area contributed by atoms with Crippen LogP contribution in [0.1, 0.15) is 31.9 Å². The molecule has 0 fully saturated rings. The van der Waals surface area contributed by atoms with Gasteiger partial charge in [0, 0.05) is 0 Å². The predicted molar refractivity (Wildman–Crippen MR) is 100 cm³/mol. The van der Waals surface area contributed by atoms with Crippen molar-refractivity contribution in [2.45, 2.75) is 46.3 Å². The molecule has 2 aromatic rings. The predicted octanol–water partition coefficient (Wildman–Crippen LogP) is 3.91. The molecule has 0 aliphatic rings. The lowest BCUT2D eigenvalue weighted by Crippen LogP contribution is -2.43. The van der Waals surface area contributed by atoms with Crippen LogP contribution < -0.4 is 14.8 Å². The van der Waals surface area contributed by atoms with Crippen molar-refractivity contribution in [3.05, 3.63) is 59.7 Å². The van der Waals surface area contributed by atoms with E-state index in [1.807, 2.05) is 62.4 Å². The highest BCUT2D eigenvalue weighted by atomic mass is 16.5. The highest BCUT2D eigenvalue weighted by molar-refractivity contribution is 5.81. The van der Waals surface area contributed by atoms with Crippen LogP contribution in [-0.2, 0) is 11.2 Å². The number of hydrogen-bond acceptors (Lipinski definition) is 3. The van der Waals surface area contributed by atoms with E-state index in [-0.39, 0.29) is 11.9 Å². The topological polar surface area (TPSA) is 47.6 Å². The number of rotatable bonds is 8. The summed E-state index contributed by atoms with van der Waals surface area (Å²) in [4.78, 5) is 12.3. The summed E-state index contributed by atoms with van der Waals surface area (Å²) in [5.41, 5.74) is 2.17. The van der Waals surface area contributed by atoms with Crippen molar-refractivity contribution < 1.29 is 14.3 Å². The summed E-state index contributed by atoms with van der Waals surface area (Å²) in [6.45, 7) is 8.16. The fraction of sp³-hybridized carbons (Fsp3) is 0.381. The molecule has 25 heavy (non-hydrogen) atoms. The van der Waals surface area contributed by atoms with E-state index in [4.69, 9.17) is 9.47 Å². The van der Waals surface area contributed by atoms with Crippen molar-refractivity contribution in [3.63, 3.8) is 0 Å². The molecule has 2 rings (SSSR count). The van der Waals surface area contributed by atoms with Crippen LogP contribution in [-0.4, -0.2) is 24.7 Å². The Morgan fingerprint density at radius 3 is 2.36 bits per heavy atom. The second-order valence-electron chi connectivity index (χ2n) is 6.21. The smallest absolute Gasteiger partial charge is 0.261 e. The van der Waals surface area contributed by atoms with Crippen molar-refractivity contribution in [2.24, 2.45) is 0 Å². The molecule has 2 aromatic carbocycles. The van der Waals surface area contributed by atoms with Crippen molar-refractivity contribution in [2.75, 3.05) is 6.61 Å². The number of carbonyl (C=O) groups excluding carboxylic acids is 1. The summed E-state index contributed by atoms with van der Waals surface area (Å²) >= 11 is 0. The first-order valence-corrected chi connectivity index (χ1v) is 8.74. The molecule has 0 unspecified atom stereocenters. The van der Waals surface area contributed by atoms with Gasteiger partial charge in [0.25, 0.3) is 5.91 Å². The first-order chi connectivity index (χ1) is 12.0. The van der Waals surface area contributed by atoms with Crippen LogP contribution in [0.15, 0.2) is 48.5 Å². The van der Waals surface area contributed by atoms with Crippen LogP contribution in [0.4, 0.5) is 0 Å². The summed E-state index contributed by atoms with van der Waals surface area (Å²) in [5, 5.41) is 2.94. The zero-order chi connectivity index (χ0) is 18.2. The van der Waals surface area contributed by atoms with Crippen LogP contribution in [0, 0.1) is 6.92 Å². The summed E-state index contributed by atoms with van der Waals surface area (Å²) in [6, 6.07) is 15.5. The number of carbonyl (C=O) groups is 1. The molecular formula is C21H27NO3. The Labute approximate surface area is 150 Å². The van der Waals surface area contributed by atoms with Gasteiger partial charge in [0.15, 0.2) is 6.10 Å². The number of nitrogens with one attached hydrogen (secondary N) is 1. The van der Waals surface area contributed by atoms with Crippen molar-refractivity contribution in [1.82, 2.24) is 5.32 Å². The summed E-state index contributed by atoms with van der Waals surface area (Å²) < 4.78 is 11.6. The van der Waals surface area contributed by atoms with E-state index < -0.39 is 6.10 Å². The van der Waals surface area contributed by atoms with Crippen LogP contribution in [0.2, 0.25) is 0 Å². The number of ether oxygens (including phenoxy) is 2. The number of benzene rings is 2. The van der Waals surface area contributed by atoms with E-state index in [2.05, 4.69) is 12.2 Å². The van der Waals surface area contributed by atoms with Crippen molar-refractivity contribution >= 4 is 5.91 Å². The maximum atomic E-state index is 12.3. The fourth-order valence-corrected chi connectivity index (χ4v) is 2.49. The second kappa shape index (κ2) is 9.11. The highest BCUT2D eigenvalue weighted by Crippen LogP contribution is 2.20. The molecule has 0 saturated carbocycles. The van der Waals surface area contributed by atoms with Gasteiger partial charge in [-0.1, -0.05) is 43.3 Å². The third-order valence-electron chi connectivity index (χ3n) is 4.00. The van der Waals surface area contributed by atoms with Gasteiger partial charge in [-0.15, -0.1) is 0 Å². The lowest BCUT2D eigenvalue weighted by molar-refractivity contribution is -0.128. The summed E-state index contributed by atoms with van der Waals surface area (Å²) in [7, 11) is 0. The lowest BCUT2D eigenvalue weighted by Gasteiger charge is -2.20. The van der Waals surface area contributed by atoms with Gasteiger partial charge in [-0.25, -0.2) is 0 Å². The Kier molecular flexibility index (Phi) is 6.87. The zero-order valence-electron chi connectivity index (χ0n) is 15.4. The molecule has 0 spiro atoms. The minimum Gasteiger partial charge on any atom is -0.491 e. The number of aryl methyl sites for hydroxylation is 2.